The van der Waals surface area contributed by atoms with E-state index in [9.17, 15) is 9.59 Å². The highest BCUT2D eigenvalue weighted by Crippen LogP contribution is 2.33. The van der Waals surface area contributed by atoms with E-state index in [4.69, 9.17) is 4.74 Å². The van der Waals surface area contributed by atoms with Crippen molar-refractivity contribution in [3.8, 4) is 0 Å². The van der Waals surface area contributed by atoms with Crippen LogP contribution in [0.3, 0.4) is 0 Å². The lowest BCUT2D eigenvalue weighted by Crippen LogP contribution is -2.33. The molecule has 0 aliphatic carbocycles. The predicted molar refractivity (Wildman–Crippen MR) is 94.6 cm³/mol. The number of methoxy groups -OCH3 is 1. The fourth-order valence-electron chi connectivity index (χ4n) is 2.81. The van der Waals surface area contributed by atoms with Crippen molar-refractivity contribution in [2.75, 3.05) is 25.6 Å². The van der Waals surface area contributed by atoms with Gasteiger partial charge in [-0.3, -0.25) is 9.59 Å². The molecular formula is C17H20N4O3S. The summed E-state index contributed by atoms with van der Waals surface area (Å²) in [7, 11) is 1.50. The summed E-state index contributed by atoms with van der Waals surface area (Å²) < 4.78 is 4.93. The molecule has 1 aliphatic rings. The van der Waals surface area contributed by atoms with Gasteiger partial charge in [-0.2, -0.15) is 0 Å². The third-order valence-electron chi connectivity index (χ3n) is 4.07. The third kappa shape index (κ3) is 4.02. The van der Waals surface area contributed by atoms with Crippen LogP contribution in [0.5, 0.6) is 0 Å². The summed E-state index contributed by atoms with van der Waals surface area (Å²) in [5.41, 5.74) is 1.84. The summed E-state index contributed by atoms with van der Waals surface area (Å²) in [6.45, 7) is 2.72. The minimum Gasteiger partial charge on any atom is -0.375 e. The quantitative estimate of drug-likeness (QED) is 0.885. The first kappa shape index (κ1) is 17.5. The zero-order valence-electron chi connectivity index (χ0n) is 14.2. The maximum absolute atomic E-state index is 12.3. The van der Waals surface area contributed by atoms with Crippen LogP contribution in [0.25, 0.3) is 0 Å². The lowest BCUT2D eigenvalue weighted by molar-refractivity contribution is -0.136. The van der Waals surface area contributed by atoms with Crippen molar-refractivity contribution in [1.29, 1.82) is 0 Å². The first-order valence-corrected chi connectivity index (χ1v) is 8.90. The van der Waals surface area contributed by atoms with Gasteiger partial charge in [0, 0.05) is 19.3 Å². The van der Waals surface area contributed by atoms with Crippen molar-refractivity contribution >= 4 is 28.8 Å². The van der Waals surface area contributed by atoms with E-state index in [0.717, 1.165) is 18.4 Å². The Morgan fingerprint density at radius 2 is 2.08 bits per heavy atom. The fourth-order valence-corrected chi connectivity index (χ4v) is 3.70. The van der Waals surface area contributed by atoms with Crippen molar-refractivity contribution in [3.63, 3.8) is 0 Å². The smallest absolute Gasteiger partial charge is 0.286 e. The highest BCUT2D eigenvalue weighted by atomic mass is 32.1. The van der Waals surface area contributed by atoms with E-state index in [1.165, 1.54) is 18.4 Å². The summed E-state index contributed by atoms with van der Waals surface area (Å²) in [4.78, 5) is 26.2. The van der Waals surface area contributed by atoms with Crippen LogP contribution in [0.1, 0.15) is 39.3 Å². The van der Waals surface area contributed by atoms with Gasteiger partial charge < -0.3 is 15.0 Å². The Balaban J connectivity index is 1.70. The van der Waals surface area contributed by atoms with Crippen molar-refractivity contribution in [3.05, 3.63) is 39.8 Å². The number of likely N-dealkylation sites (tertiary alicyclic amines) is 1. The Labute approximate surface area is 150 Å². The lowest BCUT2D eigenvalue weighted by atomic mass is 10.2. The standard InChI is InChI=1S/C17H20N4O3S/c1-11-5-7-12(8-6-11)18-15(23)17-20-19-16(25-17)13-4-3-9-21(13)14(22)10-24-2/h5-8,13H,3-4,9-10H2,1-2H3,(H,18,23). The van der Waals surface area contributed by atoms with E-state index < -0.39 is 0 Å². The molecule has 2 aromatic rings. The Morgan fingerprint density at radius 3 is 2.80 bits per heavy atom. The molecule has 7 nitrogen and oxygen atoms in total. The maximum atomic E-state index is 12.3. The van der Waals surface area contributed by atoms with Crippen LogP contribution in [-0.4, -0.2) is 47.2 Å². The number of carbonyl (C=O) groups is 2. The van der Waals surface area contributed by atoms with Gasteiger partial charge in [0.2, 0.25) is 10.9 Å². The number of amides is 2. The molecule has 25 heavy (non-hydrogen) atoms. The molecule has 0 radical (unpaired) electrons. The van der Waals surface area contributed by atoms with Crippen LogP contribution in [0.4, 0.5) is 5.69 Å². The second kappa shape index (κ2) is 7.71. The van der Waals surface area contributed by atoms with E-state index in [1.807, 2.05) is 31.2 Å². The first-order valence-electron chi connectivity index (χ1n) is 8.08. The summed E-state index contributed by atoms with van der Waals surface area (Å²) in [5.74, 6) is -0.355. The van der Waals surface area contributed by atoms with Gasteiger partial charge in [0.15, 0.2) is 0 Å². The maximum Gasteiger partial charge on any atom is 0.286 e. The molecule has 1 aliphatic heterocycles. The molecule has 0 saturated carbocycles. The normalized spacial score (nSPS) is 16.9. The zero-order chi connectivity index (χ0) is 17.8. The predicted octanol–water partition coefficient (Wildman–Crippen LogP) is 2.41. The molecule has 1 aromatic carbocycles. The van der Waals surface area contributed by atoms with Crippen molar-refractivity contribution in [1.82, 2.24) is 15.1 Å². The number of hydrogen-bond acceptors (Lipinski definition) is 6. The van der Waals surface area contributed by atoms with E-state index in [-0.39, 0.29) is 24.5 Å². The average molecular weight is 360 g/mol. The number of aromatic nitrogens is 2. The van der Waals surface area contributed by atoms with Crippen molar-refractivity contribution in [2.24, 2.45) is 0 Å². The average Bonchev–Trinajstić information content (AvgIpc) is 3.26. The lowest BCUT2D eigenvalue weighted by Gasteiger charge is -2.22. The molecule has 8 heteroatoms. The van der Waals surface area contributed by atoms with E-state index >= 15 is 0 Å². The summed E-state index contributed by atoms with van der Waals surface area (Å²) in [5, 5.41) is 11.9. The molecule has 1 N–H and O–H groups in total. The number of anilines is 1. The number of carbonyl (C=O) groups excluding carboxylic acids is 2. The van der Waals surface area contributed by atoms with Gasteiger partial charge in [0.1, 0.15) is 11.6 Å². The summed E-state index contributed by atoms with van der Waals surface area (Å²) in [6.07, 6.45) is 1.73. The van der Waals surface area contributed by atoms with Crippen molar-refractivity contribution in [2.45, 2.75) is 25.8 Å². The van der Waals surface area contributed by atoms with Gasteiger partial charge in [-0.15, -0.1) is 10.2 Å². The second-order valence-corrected chi connectivity index (χ2v) is 6.95. The minimum absolute atomic E-state index is 0.0517. The second-order valence-electron chi connectivity index (χ2n) is 5.94. The Kier molecular flexibility index (Phi) is 5.40. The van der Waals surface area contributed by atoms with E-state index in [0.29, 0.717) is 22.2 Å². The minimum atomic E-state index is -0.291. The van der Waals surface area contributed by atoms with Crippen LogP contribution in [0, 0.1) is 6.92 Å². The number of hydrogen-bond donors (Lipinski definition) is 1. The molecule has 1 unspecified atom stereocenters. The Bertz CT molecular complexity index is 760. The molecular weight excluding hydrogens is 340 g/mol. The molecule has 0 bridgehead atoms. The zero-order valence-corrected chi connectivity index (χ0v) is 15.0. The number of rotatable bonds is 5. The number of ether oxygens (including phenoxy) is 1. The molecule has 0 spiro atoms. The van der Waals surface area contributed by atoms with E-state index in [1.54, 1.807) is 4.90 Å². The van der Waals surface area contributed by atoms with Gasteiger partial charge in [-0.05, 0) is 31.9 Å². The van der Waals surface area contributed by atoms with Crippen LogP contribution in [0.2, 0.25) is 0 Å². The van der Waals surface area contributed by atoms with Gasteiger partial charge in [0.05, 0.1) is 6.04 Å². The molecule has 132 valence electrons. The number of benzene rings is 1. The molecule has 1 fully saturated rings. The van der Waals surface area contributed by atoms with Gasteiger partial charge >= 0.3 is 0 Å². The van der Waals surface area contributed by atoms with Gasteiger partial charge in [0.25, 0.3) is 5.91 Å². The number of nitrogens with zero attached hydrogens (tertiary/aromatic N) is 3. The molecule has 1 saturated heterocycles. The summed E-state index contributed by atoms with van der Waals surface area (Å²) >= 11 is 1.23. The molecule has 1 atom stereocenters. The highest BCUT2D eigenvalue weighted by Gasteiger charge is 2.32. The SMILES string of the molecule is COCC(=O)N1CCCC1c1nnc(C(=O)Nc2ccc(C)cc2)s1. The molecule has 2 heterocycles. The first-order chi connectivity index (χ1) is 12.1. The fraction of sp³-hybridized carbons (Fsp3) is 0.412. The largest absolute Gasteiger partial charge is 0.375 e. The Hall–Kier alpha value is -2.32. The topological polar surface area (TPSA) is 84.4 Å². The van der Waals surface area contributed by atoms with Crippen LogP contribution < -0.4 is 5.32 Å². The Morgan fingerprint density at radius 1 is 1.32 bits per heavy atom. The van der Waals surface area contributed by atoms with E-state index in [2.05, 4.69) is 15.5 Å². The van der Waals surface area contributed by atoms with Crippen molar-refractivity contribution < 1.29 is 14.3 Å². The molecule has 3 rings (SSSR count). The van der Waals surface area contributed by atoms with Crippen LogP contribution >= 0.6 is 11.3 Å². The number of aryl methyl sites for hydroxylation is 1. The molecule has 2 amide bonds. The van der Waals surface area contributed by atoms with Gasteiger partial charge in [-0.25, -0.2) is 0 Å². The highest BCUT2D eigenvalue weighted by molar-refractivity contribution is 7.13. The van der Waals surface area contributed by atoms with Crippen LogP contribution in [-0.2, 0) is 9.53 Å². The molecule has 1 aromatic heterocycles. The summed E-state index contributed by atoms with van der Waals surface area (Å²) in [6, 6.07) is 7.42. The van der Waals surface area contributed by atoms with Crippen LogP contribution in [0.15, 0.2) is 24.3 Å². The number of nitrogens with one attached hydrogen (secondary N) is 1. The van der Waals surface area contributed by atoms with Gasteiger partial charge in [-0.1, -0.05) is 29.0 Å². The monoisotopic (exact) mass is 360 g/mol. The third-order valence-corrected chi connectivity index (χ3v) is 5.09.